The van der Waals surface area contributed by atoms with Gasteiger partial charge in [-0.25, -0.2) is 4.39 Å². The Morgan fingerprint density at radius 1 is 1.12 bits per heavy atom. The zero-order valence-corrected chi connectivity index (χ0v) is 18.5. The van der Waals surface area contributed by atoms with Gasteiger partial charge in [-0.2, -0.15) is 0 Å². The highest BCUT2D eigenvalue weighted by molar-refractivity contribution is 6.32. The van der Waals surface area contributed by atoms with E-state index in [4.69, 9.17) is 16.3 Å². The first-order valence-corrected chi connectivity index (χ1v) is 11.3. The lowest BCUT2D eigenvalue weighted by Crippen LogP contribution is -2.47. The number of amides is 2. The number of carbonyl (C=O) groups excluding carboxylic acids is 2. The Labute approximate surface area is 192 Å². The number of hydrogen-bond acceptors (Lipinski definition) is 3. The monoisotopic (exact) mass is 456 g/mol. The van der Waals surface area contributed by atoms with Crippen molar-refractivity contribution in [2.75, 3.05) is 19.6 Å². The summed E-state index contributed by atoms with van der Waals surface area (Å²) in [6.07, 6.45) is 6.45. The number of benzene rings is 2. The summed E-state index contributed by atoms with van der Waals surface area (Å²) in [4.78, 5) is 26.6. The lowest BCUT2D eigenvalue weighted by Gasteiger charge is -2.39. The molecular formula is C25H26ClFN2O3. The molecule has 32 heavy (non-hydrogen) atoms. The number of halogens is 2. The van der Waals surface area contributed by atoms with E-state index in [-0.39, 0.29) is 29.3 Å². The van der Waals surface area contributed by atoms with Gasteiger partial charge in [0.1, 0.15) is 5.82 Å². The van der Waals surface area contributed by atoms with E-state index < -0.39 is 0 Å². The molecule has 0 aromatic heterocycles. The zero-order valence-electron chi connectivity index (χ0n) is 17.7. The van der Waals surface area contributed by atoms with Crippen molar-refractivity contribution in [3.8, 4) is 0 Å². The molecule has 0 radical (unpaired) electrons. The van der Waals surface area contributed by atoms with Gasteiger partial charge in [-0.1, -0.05) is 29.8 Å². The second kappa shape index (κ2) is 9.84. The third-order valence-electron chi connectivity index (χ3n) is 6.22. The smallest absolute Gasteiger partial charge is 0.253 e. The highest BCUT2D eigenvalue weighted by atomic mass is 35.5. The van der Waals surface area contributed by atoms with Crippen LogP contribution < -0.4 is 5.32 Å². The molecule has 168 valence electrons. The molecule has 7 heteroatoms. The summed E-state index contributed by atoms with van der Waals surface area (Å²) >= 11 is 6.10. The number of ether oxygens (including phenoxy) is 1. The van der Waals surface area contributed by atoms with Crippen molar-refractivity contribution in [3.63, 3.8) is 0 Å². The van der Waals surface area contributed by atoms with E-state index in [1.807, 2.05) is 18.2 Å². The van der Waals surface area contributed by atoms with Gasteiger partial charge in [-0.3, -0.25) is 9.59 Å². The topological polar surface area (TPSA) is 58.6 Å². The van der Waals surface area contributed by atoms with Crippen LogP contribution in [0.5, 0.6) is 0 Å². The molecule has 0 unspecified atom stereocenters. The maximum atomic E-state index is 13.1. The fraction of sp³-hybridized carbons (Fsp3) is 0.360. The molecule has 2 aromatic carbocycles. The SMILES string of the molecule is O=C(/C=C/c1ccccc1Cl)NC[C@H]1CCC2(CCN(C(=O)c3ccc(F)cc3)CC2)O1. The van der Waals surface area contributed by atoms with E-state index in [1.165, 1.54) is 30.3 Å². The number of nitrogens with zero attached hydrogens (tertiary/aromatic N) is 1. The van der Waals surface area contributed by atoms with Crippen molar-refractivity contribution in [3.05, 3.63) is 76.6 Å². The third kappa shape index (κ3) is 5.37. The molecule has 1 spiro atoms. The highest BCUT2D eigenvalue weighted by Crippen LogP contribution is 2.39. The van der Waals surface area contributed by atoms with Crippen molar-refractivity contribution >= 4 is 29.5 Å². The second-order valence-electron chi connectivity index (χ2n) is 8.36. The molecule has 4 rings (SSSR count). The number of nitrogens with one attached hydrogen (secondary N) is 1. The van der Waals surface area contributed by atoms with Gasteiger partial charge < -0.3 is 15.0 Å². The van der Waals surface area contributed by atoms with Crippen molar-refractivity contribution in [1.82, 2.24) is 10.2 Å². The molecule has 0 bridgehead atoms. The number of likely N-dealkylation sites (tertiary alicyclic amines) is 1. The van der Waals surface area contributed by atoms with Crippen LogP contribution >= 0.6 is 11.6 Å². The van der Waals surface area contributed by atoms with Crippen LogP contribution in [0.2, 0.25) is 5.02 Å². The van der Waals surface area contributed by atoms with Crippen LogP contribution in [0.25, 0.3) is 6.08 Å². The normalized spacial score (nSPS) is 20.1. The Bertz CT molecular complexity index is 1000. The van der Waals surface area contributed by atoms with Gasteiger partial charge in [0.2, 0.25) is 5.91 Å². The van der Waals surface area contributed by atoms with E-state index in [9.17, 15) is 14.0 Å². The predicted molar refractivity (Wildman–Crippen MR) is 122 cm³/mol. The molecule has 2 amide bonds. The minimum Gasteiger partial charge on any atom is -0.370 e. The van der Waals surface area contributed by atoms with Crippen molar-refractivity contribution in [2.45, 2.75) is 37.4 Å². The maximum Gasteiger partial charge on any atom is 0.253 e. The number of piperidine rings is 1. The fourth-order valence-corrected chi connectivity index (χ4v) is 4.55. The number of rotatable bonds is 5. The van der Waals surface area contributed by atoms with Gasteiger partial charge in [0.25, 0.3) is 5.91 Å². The summed E-state index contributed by atoms with van der Waals surface area (Å²) in [7, 11) is 0. The first kappa shape index (κ1) is 22.5. The van der Waals surface area contributed by atoms with Crippen LogP contribution in [0.4, 0.5) is 4.39 Å². The lowest BCUT2D eigenvalue weighted by atomic mass is 9.88. The summed E-state index contributed by atoms with van der Waals surface area (Å²) in [6.45, 7) is 1.66. The first-order chi connectivity index (χ1) is 15.4. The Kier molecular flexibility index (Phi) is 6.92. The van der Waals surface area contributed by atoms with Gasteiger partial charge in [0, 0.05) is 36.3 Å². The van der Waals surface area contributed by atoms with Crippen molar-refractivity contribution in [1.29, 1.82) is 0 Å². The lowest BCUT2D eigenvalue weighted by molar-refractivity contribution is -0.118. The number of carbonyl (C=O) groups is 2. The zero-order chi connectivity index (χ0) is 22.6. The quantitative estimate of drug-likeness (QED) is 0.676. The highest BCUT2D eigenvalue weighted by Gasteiger charge is 2.43. The van der Waals surface area contributed by atoms with Crippen LogP contribution in [0.3, 0.4) is 0 Å². The molecule has 1 atom stereocenters. The standard InChI is InChI=1S/C25H26ClFN2O3/c26-22-4-2-1-3-18(22)7-10-23(30)28-17-21-11-12-25(32-21)13-15-29(16-14-25)24(31)19-5-8-20(27)9-6-19/h1-10,21H,11-17H2,(H,28,30)/b10-7+/t21-/m1/s1. The molecule has 1 N–H and O–H groups in total. The summed E-state index contributed by atoms with van der Waals surface area (Å²) < 4.78 is 19.4. The van der Waals surface area contributed by atoms with Crippen molar-refractivity contribution in [2.24, 2.45) is 0 Å². The van der Waals surface area contributed by atoms with Gasteiger partial charge in [0.15, 0.2) is 0 Å². The molecule has 2 fully saturated rings. The molecule has 2 aliphatic rings. The Morgan fingerprint density at radius 2 is 1.84 bits per heavy atom. The van der Waals surface area contributed by atoms with E-state index >= 15 is 0 Å². The van der Waals surface area contributed by atoms with E-state index in [0.717, 1.165) is 31.2 Å². The first-order valence-electron chi connectivity index (χ1n) is 10.9. The number of hydrogen-bond donors (Lipinski definition) is 1. The Morgan fingerprint density at radius 3 is 2.56 bits per heavy atom. The van der Waals surface area contributed by atoms with Gasteiger partial charge in [-0.05, 0) is 67.7 Å². The molecule has 2 aliphatic heterocycles. The second-order valence-corrected chi connectivity index (χ2v) is 8.77. The van der Waals surface area contributed by atoms with Gasteiger partial charge in [0.05, 0.1) is 11.7 Å². The van der Waals surface area contributed by atoms with Crippen LogP contribution in [-0.2, 0) is 9.53 Å². The third-order valence-corrected chi connectivity index (χ3v) is 6.56. The van der Waals surface area contributed by atoms with Gasteiger partial charge in [-0.15, -0.1) is 0 Å². The molecular weight excluding hydrogens is 431 g/mol. The Hall–Kier alpha value is -2.70. The van der Waals surface area contributed by atoms with E-state index in [1.54, 1.807) is 17.0 Å². The van der Waals surface area contributed by atoms with Gasteiger partial charge >= 0.3 is 0 Å². The van der Waals surface area contributed by atoms with E-state index in [2.05, 4.69) is 5.32 Å². The average Bonchev–Trinajstić information content (AvgIpc) is 3.20. The molecule has 2 aromatic rings. The molecule has 5 nitrogen and oxygen atoms in total. The van der Waals surface area contributed by atoms with Crippen LogP contribution in [0.15, 0.2) is 54.6 Å². The summed E-state index contributed by atoms with van der Waals surface area (Å²) in [5, 5.41) is 3.50. The molecule has 0 saturated carbocycles. The minimum atomic E-state index is -0.351. The molecule has 0 aliphatic carbocycles. The average molecular weight is 457 g/mol. The largest absolute Gasteiger partial charge is 0.370 e. The van der Waals surface area contributed by atoms with Crippen LogP contribution in [0, 0.1) is 5.82 Å². The van der Waals surface area contributed by atoms with Crippen LogP contribution in [0.1, 0.15) is 41.6 Å². The summed E-state index contributed by atoms with van der Waals surface area (Å²) in [6, 6.07) is 13.0. The molecule has 2 heterocycles. The fourth-order valence-electron chi connectivity index (χ4n) is 4.35. The van der Waals surface area contributed by atoms with Crippen molar-refractivity contribution < 1.29 is 18.7 Å². The van der Waals surface area contributed by atoms with Crippen LogP contribution in [-0.4, -0.2) is 48.1 Å². The maximum absolute atomic E-state index is 13.1. The predicted octanol–water partition coefficient (Wildman–Crippen LogP) is 4.46. The summed E-state index contributed by atoms with van der Waals surface area (Å²) in [5.74, 6) is -0.614. The summed E-state index contributed by atoms with van der Waals surface area (Å²) in [5.41, 5.74) is 1.06. The minimum absolute atomic E-state index is 0.0352. The molecule has 2 saturated heterocycles. The van der Waals surface area contributed by atoms with E-state index in [0.29, 0.717) is 30.2 Å². The Balaban J connectivity index is 1.23.